The molecule has 0 spiro atoms. The summed E-state index contributed by atoms with van der Waals surface area (Å²) in [6, 6.07) is 12.5. The number of rotatable bonds is 5. The van der Waals surface area contributed by atoms with Crippen LogP contribution < -0.4 is 16.1 Å². The van der Waals surface area contributed by atoms with Crippen LogP contribution in [0.3, 0.4) is 0 Å². The predicted molar refractivity (Wildman–Crippen MR) is 124 cm³/mol. The number of carbonyl (C=O) groups is 1. The molecule has 0 saturated heterocycles. The number of nitrogens with zero attached hydrogens (tertiary/aromatic N) is 1. The van der Waals surface area contributed by atoms with E-state index in [9.17, 15) is 4.79 Å². The van der Waals surface area contributed by atoms with Gasteiger partial charge in [-0.1, -0.05) is 48.5 Å². The van der Waals surface area contributed by atoms with E-state index >= 15 is 0 Å². The lowest BCUT2D eigenvalue weighted by molar-refractivity contribution is 0.0955. The van der Waals surface area contributed by atoms with Crippen LogP contribution in [0.25, 0.3) is 0 Å². The second-order valence-corrected chi connectivity index (χ2v) is 8.13. The highest BCUT2D eigenvalue weighted by atomic mass is 35.5. The van der Waals surface area contributed by atoms with Gasteiger partial charge in [-0.3, -0.25) is 4.79 Å². The molecule has 0 aromatic heterocycles. The van der Waals surface area contributed by atoms with Crippen molar-refractivity contribution in [1.82, 2.24) is 10.7 Å². The van der Waals surface area contributed by atoms with Crippen molar-refractivity contribution in [3.8, 4) is 0 Å². The van der Waals surface area contributed by atoms with Crippen LogP contribution in [0.1, 0.15) is 48.0 Å². The van der Waals surface area contributed by atoms with Crippen LogP contribution in [0.2, 0.25) is 10.0 Å². The number of nitrogens with one attached hydrogen (secondary N) is 3. The van der Waals surface area contributed by atoms with Gasteiger partial charge in [0.25, 0.3) is 5.91 Å². The molecule has 3 N–H and O–H groups in total. The maximum absolute atomic E-state index is 12.2. The Morgan fingerprint density at radius 1 is 1.07 bits per heavy atom. The molecule has 1 amide bonds. The largest absolute Gasteiger partial charge is 0.360 e. The van der Waals surface area contributed by atoms with Gasteiger partial charge in [0, 0.05) is 27.9 Å². The van der Waals surface area contributed by atoms with Crippen LogP contribution in [0, 0.1) is 0 Å². The van der Waals surface area contributed by atoms with Gasteiger partial charge in [0.1, 0.15) is 0 Å². The fourth-order valence-corrected chi connectivity index (χ4v) is 3.88. The van der Waals surface area contributed by atoms with Gasteiger partial charge >= 0.3 is 0 Å². The highest BCUT2D eigenvalue weighted by Gasteiger charge is 2.14. The molecule has 1 aliphatic carbocycles. The minimum absolute atomic E-state index is 0.319. The predicted octanol–water partition coefficient (Wildman–Crippen LogP) is 5.38. The second-order valence-electron chi connectivity index (χ2n) is 6.88. The molecular formula is C21H22Cl2N4OS. The third kappa shape index (κ3) is 6.70. The van der Waals surface area contributed by atoms with Gasteiger partial charge in [0.05, 0.1) is 11.2 Å². The van der Waals surface area contributed by atoms with Crippen molar-refractivity contribution in [3.05, 3.63) is 63.6 Å². The van der Waals surface area contributed by atoms with E-state index in [4.69, 9.17) is 35.4 Å². The molecule has 8 heteroatoms. The van der Waals surface area contributed by atoms with Crippen LogP contribution in [0.15, 0.2) is 47.6 Å². The zero-order valence-corrected chi connectivity index (χ0v) is 18.1. The number of amides is 1. The molecule has 0 unspecified atom stereocenters. The van der Waals surface area contributed by atoms with Gasteiger partial charge in [-0.15, -0.1) is 0 Å². The summed E-state index contributed by atoms with van der Waals surface area (Å²) in [7, 11) is 0. The van der Waals surface area contributed by atoms with Crippen molar-refractivity contribution in [2.24, 2.45) is 5.10 Å². The highest BCUT2D eigenvalue weighted by Crippen LogP contribution is 2.19. The zero-order chi connectivity index (χ0) is 20.6. The molecule has 1 fully saturated rings. The summed E-state index contributed by atoms with van der Waals surface area (Å²) < 4.78 is 0. The number of hydrazone groups is 1. The Morgan fingerprint density at radius 2 is 1.79 bits per heavy atom. The third-order valence-electron chi connectivity index (χ3n) is 4.68. The first-order valence-electron chi connectivity index (χ1n) is 9.47. The Morgan fingerprint density at radius 3 is 2.48 bits per heavy atom. The summed E-state index contributed by atoms with van der Waals surface area (Å²) in [5, 5.41) is 12.1. The molecule has 2 aromatic rings. The summed E-state index contributed by atoms with van der Waals surface area (Å²) in [4.78, 5) is 12.2. The van der Waals surface area contributed by atoms with E-state index < -0.39 is 0 Å². The van der Waals surface area contributed by atoms with Crippen LogP contribution in [0.5, 0.6) is 0 Å². The number of halogens is 2. The summed E-state index contributed by atoms with van der Waals surface area (Å²) in [6.45, 7) is 0. The first-order valence-corrected chi connectivity index (χ1v) is 10.6. The maximum atomic E-state index is 12.2. The van der Waals surface area contributed by atoms with E-state index in [1.54, 1.807) is 30.3 Å². The molecule has 1 aliphatic rings. The molecule has 1 saturated carbocycles. The molecular weight excluding hydrogens is 427 g/mol. The van der Waals surface area contributed by atoms with Crippen molar-refractivity contribution in [3.63, 3.8) is 0 Å². The van der Waals surface area contributed by atoms with Gasteiger partial charge in [-0.05, 0) is 61.5 Å². The molecule has 0 aliphatic heterocycles. The molecule has 0 heterocycles. The Bertz CT molecular complexity index is 896. The Balaban J connectivity index is 1.50. The fraction of sp³-hybridized carbons (Fsp3) is 0.286. The van der Waals surface area contributed by atoms with E-state index in [1.165, 1.54) is 25.5 Å². The van der Waals surface area contributed by atoms with Crippen LogP contribution >= 0.6 is 35.4 Å². The minimum atomic E-state index is -0.319. The average molecular weight is 449 g/mol. The van der Waals surface area contributed by atoms with Crippen molar-refractivity contribution in [1.29, 1.82) is 0 Å². The van der Waals surface area contributed by atoms with Crippen LogP contribution in [-0.4, -0.2) is 23.3 Å². The van der Waals surface area contributed by atoms with Gasteiger partial charge in [-0.25, -0.2) is 5.43 Å². The second kappa shape index (κ2) is 10.6. The third-order valence-corrected chi connectivity index (χ3v) is 5.46. The molecule has 5 nitrogen and oxygen atoms in total. The molecule has 0 atom stereocenters. The molecule has 0 radical (unpaired) electrons. The Labute approximate surface area is 185 Å². The van der Waals surface area contributed by atoms with E-state index in [1.807, 2.05) is 12.1 Å². The number of anilines is 1. The van der Waals surface area contributed by atoms with Crippen molar-refractivity contribution in [2.75, 3.05) is 5.32 Å². The van der Waals surface area contributed by atoms with E-state index in [2.05, 4.69) is 21.2 Å². The average Bonchev–Trinajstić information content (AvgIpc) is 2.71. The molecule has 2 aromatic carbocycles. The van der Waals surface area contributed by atoms with Crippen LogP contribution in [-0.2, 0) is 0 Å². The fourth-order valence-electron chi connectivity index (χ4n) is 3.14. The topological polar surface area (TPSA) is 65.5 Å². The van der Waals surface area contributed by atoms with E-state index in [-0.39, 0.29) is 5.91 Å². The normalized spacial score (nSPS) is 14.6. The number of hydrogen-bond donors (Lipinski definition) is 3. The minimum Gasteiger partial charge on any atom is -0.360 e. The first-order chi connectivity index (χ1) is 14.0. The van der Waals surface area contributed by atoms with Gasteiger partial charge in [0.15, 0.2) is 5.11 Å². The lowest BCUT2D eigenvalue weighted by Crippen LogP contribution is -2.38. The summed E-state index contributed by atoms with van der Waals surface area (Å²) >= 11 is 17.3. The van der Waals surface area contributed by atoms with E-state index in [0.29, 0.717) is 32.3 Å². The number of carbonyl (C=O) groups excluding carboxylic acids is 1. The van der Waals surface area contributed by atoms with Crippen molar-refractivity contribution >= 4 is 58.3 Å². The Hall–Kier alpha value is -2.15. The monoisotopic (exact) mass is 448 g/mol. The molecule has 0 bridgehead atoms. The molecule has 152 valence electrons. The van der Waals surface area contributed by atoms with E-state index in [0.717, 1.165) is 18.5 Å². The maximum Gasteiger partial charge on any atom is 0.271 e. The smallest absolute Gasteiger partial charge is 0.271 e. The number of hydrogen-bond acceptors (Lipinski definition) is 3. The molecule has 29 heavy (non-hydrogen) atoms. The SMILES string of the molecule is O=C(N/N=C\c1ccc(Cl)cc1Cl)c1ccc(NC(=S)NC2CCCCC2)cc1. The summed E-state index contributed by atoms with van der Waals surface area (Å²) in [6.07, 6.45) is 7.58. The highest BCUT2D eigenvalue weighted by molar-refractivity contribution is 7.80. The number of benzene rings is 2. The quantitative estimate of drug-likeness (QED) is 0.326. The lowest BCUT2D eigenvalue weighted by Gasteiger charge is -2.24. The van der Waals surface area contributed by atoms with Gasteiger partial charge in [0.2, 0.25) is 0 Å². The van der Waals surface area contributed by atoms with Crippen molar-refractivity contribution < 1.29 is 4.79 Å². The van der Waals surface area contributed by atoms with Crippen molar-refractivity contribution in [2.45, 2.75) is 38.1 Å². The summed E-state index contributed by atoms with van der Waals surface area (Å²) in [5.74, 6) is -0.319. The Kier molecular flexibility index (Phi) is 7.86. The van der Waals surface area contributed by atoms with Gasteiger partial charge < -0.3 is 10.6 Å². The molecule has 3 rings (SSSR count). The first kappa shape index (κ1) is 21.6. The summed E-state index contributed by atoms with van der Waals surface area (Å²) in [5.41, 5.74) is 4.46. The standard InChI is InChI=1S/C21H22Cl2N4OS/c22-16-9-6-15(19(23)12-16)13-24-27-20(28)14-7-10-18(11-8-14)26-21(29)25-17-4-2-1-3-5-17/h6-13,17H,1-5H2,(H,27,28)(H2,25,26,29)/b24-13-. The lowest BCUT2D eigenvalue weighted by atomic mass is 9.96. The zero-order valence-electron chi connectivity index (χ0n) is 15.8. The van der Waals surface area contributed by atoms with Gasteiger partial charge in [-0.2, -0.15) is 5.10 Å². The number of thiocarbonyl (C=S) groups is 1. The van der Waals surface area contributed by atoms with Crippen LogP contribution in [0.4, 0.5) is 5.69 Å².